The zero-order chi connectivity index (χ0) is 14.9. The molecule has 2 fully saturated rings. The molecule has 2 saturated heterocycles. The second kappa shape index (κ2) is 5.71. The van der Waals surface area contributed by atoms with Gasteiger partial charge in [0.25, 0.3) is 0 Å². The molecule has 2 aliphatic rings. The predicted octanol–water partition coefficient (Wildman–Crippen LogP) is 0.665. The van der Waals surface area contributed by atoms with Gasteiger partial charge in [-0.1, -0.05) is 13.3 Å². The van der Waals surface area contributed by atoms with E-state index in [4.69, 9.17) is 0 Å². The summed E-state index contributed by atoms with van der Waals surface area (Å²) in [6.45, 7) is 2.14. The molecule has 2 rings (SSSR count). The molecule has 0 aromatic carbocycles. The third-order valence-electron chi connectivity index (χ3n) is 4.32. The molecule has 6 nitrogen and oxygen atoms in total. The number of amides is 1. The summed E-state index contributed by atoms with van der Waals surface area (Å²) in [5.74, 6) is -1.66. The summed E-state index contributed by atoms with van der Waals surface area (Å²) in [5, 5.41) is 8.27. The van der Waals surface area contributed by atoms with Crippen LogP contribution in [0.1, 0.15) is 39.0 Å². The highest BCUT2D eigenvalue weighted by Gasteiger charge is 2.43. The lowest BCUT2D eigenvalue weighted by Gasteiger charge is -2.39. The first-order valence-electron chi connectivity index (χ1n) is 7.09. The van der Waals surface area contributed by atoms with E-state index in [0.29, 0.717) is 25.8 Å². The summed E-state index contributed by atoms with van der Waals surface area (Å²) in [4.78, 5) is 25.2. The lowest BCUT2D eigenvalue weighted by atomic mass is 9.90. The maximum absolute atomic E-state index is 12.5. The number of carbonyl (C=O) groups is 2. The van der Waals surface area contributed by atoms with Gasteiger partial charge in [-0.3, -0.25) is 4.79 Å². The predicted molar refractivity (Wildman–Crippen MR) is 73.0 cm³/mol. The van der Waals surface area contributed by atoms with Crippen molar-refractivity contribution >= 4 is 21.7 Å². The number of likely N-dealkylation sites (tertiary alicyclic amines) is 1. The number of sulfone groups is 1. The minimum absolute atomic E-state index is 0.0323. The van der Waals surface area contributed by atoms with Crippen LogP contribution in [0.15, 0.2) is 0 Å². The van der Waals surface area contributed by atoms with E-state index in [0.717, 1.165) is 12.8 Å². The fraction of sp³-hybridized carbons (Fsp3) is 0.846. The third kappa shape index (κ3) is 2.82. The third-order valence-corrected chi connectivity index (χ3v) is 6.49. The molecular formula is C13H21NO5S. The van der Waals surface area contributed by atoms with E-state index in [2.05, 4.69) is 0 Å². The summed E-state index contributed by atoms with van der Waals surface area (Å²) in [5.41, 5.74) is 0. The van der Waals surface area contributed by atoms with Crippen molar-refractivity contribution in [2.45, 2.75) is 50.3 Å². The smallest absolute Gasteiger partial charge is 0.326 e. The Labute approximate surface area is 119 Å². The van der Waals surface area contributed by atoms with E-state index < -0.39 is 33.0 Å². The summed E-state index contributed by atoms with van der Waals surface area (Å²) >= 11 is 0. The van der Waals surface area contributed by atoms with Gasteiger partial charge in [0.1, 0.15) is 11.3 Å². The maximum Gasteiger partial charge on any atom is 0.326 e. The van der Waals surface area contributed by atoms with Crippen molar-refractivity contribution in [3.8, 4) is 0 Å². The van der Waals surface area contributed by atoms with E-state index in [1.165, 1.54) is 4.90 Å². The number of carbonyl (C=O) groups excluding carboxylic acids is 1. The number of rotatable bonds is 2. The van der Waals surface area contributed by atoms with E-state index in [1.807, 2.05) is 0 Å². The highest BCUT2D eigenvalue weighted by Crippen LogP contribution is 2.28. The van der Waals surface area contributed by atoms with Crippen LogP contribution in [0.4, 0.5) is 0 Å². The summed E-state index contributed by atoms with van der Waals surface area (Å²) in [7, 11) is -3.42. The van der Waals surface area contributed by atoms with Crippen molar-refractivity contribution in [3.05, 3.63) is 0 Å². The molecular weight excluding hydrogens is 282 g/mol. The van der Waals surface area contributed by atoms with Crippen molar-refractivity contribution in [1.82, 2.24) is 4.90 Å². The second-order valence-electron chi connectivity index (χ2n) is 5.79. The number of nitrogens with zero attached hydrogens (tertiary/aromatic N) is 1. The van der Waals surface area contributed by atoms with Crippen LogP contribution < -0.4 is 0 Å². The van der Waals surface area contributed by atoms with Gasteiger partial charge in [-0.2, -0.15) is 0 Å². The van der Waals surface area contributed by atoms with Crippen molar-refractivity contribution in [2.75, 3.05) is 12.3 Å². The van der Waals surface area contributed by atoms with Gasteiger partial charge >= 0.3 is 5.97 Å². The Morgan fingerprint density at radius 1 is 1.15 bits per heavy atom. The molecule has 0 aromatic rings. The normalized spacial score (nSPS) is 33.6. The van der Waals surface area contributed by atoms with Crippen LogP contribution >= 0.6 is 0 Å². The van der Waals surface area contributed by atoms with Gasteiger partial charge in [-0.15, -0.1) is 0 Å². The number of hydrogen-bond donors (Lipinski definition) is 1. The number of hydrogen-bond acceptors (Lipinski definition) is 4. The fourth-order valence-electron chi connectivity index (χ4n) is 3.23. The van der Waals surface area contributed by atoms with E-state index in [1.54, 1.807) is 6.92 Å². The second-order valence-corrected chi connectivity index (χ2v) is 8.09. The van der Waals surface area contributed by atoms with Crippen molar-refractivity contribution in [1.29, 1.82) is 0 Å². The molecule has 3 unspecified atom stereocenters. The largest absolute Gasteiger partial charge is 0.480 e. The Morgan fingerprint density at radius 2 is 1.85 bits per heavy atom. The van der Waals surface area contributed by atoms with Crippen LogP contribution in [0.3, 0.4) is 0 Å². The van der Waals surface area contributed by atoms with E-state index in [9.17, 15) is 23.1 Å². The van der Waals surface area contributed by atoms with E-state index >= 15 is 0 Å². The zero-order valence-electron chi connectivity index (χ0n) is 11.6. The zero-order valence-corrected chi connectivity index (χ0v) is 12.4. The number of piperidine rings is 1. The van der Waals surface area contributed by atoms with Gasteiger partial charge in [0.05, 0.1) is 5.75 Å². The quantitative estimate of drug-likeness (QED) is 0.809. The molecule has 20 heavy (non-hydrogen) atoms. The highest BCUT2D eigenvalue weighted by molar-refractivity contribution is 7.92. The number of carboxylic acid groups (broad SMARTS) is 1. The molecule has 114 valence electrons. The SMILES string of the molecule is CC1CCCN(C(=O)C2CCCCS2(=O)=O)C1C(=O)O. The molecule has 0 aromatic heterocycles. The van der Waals surface area contributed by atoms with Crippen LogP contribution in [-0.4, -0.2) is 53.9 Å². The molecule has 0 spiro atoms. The van der Waals surface area contributed by atoms with Gasteiger partial charge in [0, 0.05) is 6.54 Å². The maximum atomic E-state index is 12.5. The lowest BCUT2D eigenvalue weighted by Crippen LogP contribution is -2.56. The summed E-state index contributed by atoms with van der Waals surface area (Å²) in [6.07, 6.45) is 3.08. The van der Waals surface area contributed by atoms with Crippen LogP contribution in [0.25, 0.3) is 0 Å². The van der Waals surface area contributed by atoms with Gasteiger partial charge < -0.3 is 10.0 Å². The Morgan fingerprint density at radius 3 is 2.45 bits per heavy atom. The molecule has 3 atom stereocenters. The Hall–Kier alpha value is -1.11. The Kier molecular flexibility index (Phi) is 4.36. The van der Waals surface area contributed by atoms with Crippen molar-refractivity contribution in [3.63, 3.8) is 0 Å². The number of aliphatic carboxylic acids is 1. The first-order chi connectivity index (χ1) is 9.34. The first kappa shape index (κ1) is 15.3. The average Bonchev–Trinajstić information content (AvgIpc) is 2.36. The van der Waals surface area contributed by atoms with Crippen molar-refractivity contribution in [2.24, 2.45) is 5.92 Å². The fourth-order valence-corrected chi connectivity index (χ4v) is 5.09. The van der Waals surface area contributed by atoms with Gasteiger partial charge in [-0.05, 0) is 31.6 Å². The molecule has 0 aliphatic carbocycles. The van der Waals surface area contributed by atoms with Crippen LogP contribution in [0.2, 0.25) is 0 Å². The highest BCUT2D eigenvalue weighted by atomic mass is 32.2. The average molecular weight is 303 g/mol. The van der Waals surface area contributed by atoms with Crippen LogP contribution in [0.5, 0.6) is 0 Å². The molecule has 1 N–H and O–H groups in total. The Bertz CT molecular complexity index is 501. The molecule has 2 aliphatic heterocycles. The Balaban J connectivity index is 2.24. The first-order valence-corrected chi connectivity index (χ1v) is 8.81. The van der Waals surface area contributed by atoms with Gasteiger partial charge in [0.2, 0.25) is 5.91 Å². The lowest BCUT2D eigenvalue weighted by molar-refractivity contribution is -0.154. The van der Waals surface area contributed by atoms with E-state index in [-0.39, 0.29) is 11.7 Å². The number of carboxylic acids is 1. The van der Waals surface area contributed by atoms with Crippen molar-refractivity contribution < 1.29 is 23.1 Å². The molecule has 0 radical (unpaired) electrons. The molecule has 7 heteroatoms. The monoisotopic (exact) mass is 303 g/mol. The summed E-state index contributed by atoms with van der Waals surface area (Å²) in [6, 6.07) is -0.895. The standard InChI is InChI=1S/C13H21NO5S/c1-9-5-4-7-14(11(9)13(16)17)12(15)10-6-2-3-8-20(10,18)19/h9-11H,2-8H2,1H3,(H,16,17). The van der Waals surface area contributed by atoms with Crippen LogP contribution in [0, 0.1) is 5.92 Å². The molecule has 0 saturated carbocycles. The minimum atomic E-state index is -3.42. The van der Waals surface area contributed by atoms with Crippen LogP contribution in [-0.2, 0) is 19.4 Å². The van der Waals surface area contributed by atoms with Gasteiger partial charge in [0.15, 0.2) is 9.84 Å². The summed E-state index contributed by atoms with van der Waals surface area (Å²) < 4.78 is 24.1. The topological polar surface area (TPSA) is 91.8 Å². The minimum Gasteiger partial charge on any atom is -0.480 e. The molecule has 0 bridgehead atoms. The molecule has 2 heterocycles. The molecule has 1 amide bonds. The van der Waals surface area contributed by atoms with Gasteiger partial charge in [-0.25, -0.2) is 13.2 Å².